The summed E-state index contributed by atoms with van der Waals surface area (Å²) in [6, 6.07) is 88.5. The van der Waals surface area contributed by atoms with Gasteiger partial charge in [0.05, 0.1) is 33.4 Å². The fraction of sp³-hybridized carbons (Fsp3) is 0.0161. The zero-order chi connectivity index (χ0) is 44.7. The number of aromatic nitrogens is 3. The van der Waals surface area contributed by atoms with Crippen molar-refractivity contribution in [1.29, 1.82) is 0 Å². The Kier molecular flexibility index (Phi) is 9.99. The summed E-state index contributed by atoms with van der Waals surface area (Å²) >= 11 is 0. The van der Waals surface area contributed by atoms with Gasteiger partial charge in [-0.1, -0.05) is 152 Å². The monoisotopic (exact) mass is 859 g/mol. The number of benzene rings is 10. The molecule has 2 N–H and O–H groups in total. The molecular weight excluding hydrogens is 815 g/mol. The lowest BCUT2D eigenvalue weighted by molar-refractivity contribution is 0.976. The van der Waals surface area contributed by atoms with Gasteiger partial charge in [-0.2, -0.15) is 0 Å². The van der Waals surface area contributed by atoms with E-state index in [9.17, 15) is 0 Å². The Hall–Kier alpha value is -8.93. The van der Waals surface area contributed by atoms with Crippen LogP contribution in [-0.4, -0.2) is 14.1 Å². The first-order chi connectivity index (χ1) is 33.2. The Labute approximate surface area is 389 Å². The lowest BCUT2D eigenvalue weighted by Gasteiger charge is -2.27. The van der Waals surface area contributed by atoms with Crippen LogP contribution in [0.25, 0.3) is 89.0 Å². The second-order valence-corrected chi connectivity index (χ2v) is 17.0. The van der Waals surface area contributed by atoms with E-state index in [1.165, 1.54) is 32.9 Å². The minimum atomic E-state index is 0.569. The molecule has 10 aromatic carbocycles. The lowest BCUT2D eigenvalue weighted by Crippen LogP contribution is -2.18. The summed E-state index contributed by atoms with van der Waals surface area (Å²) in [5, 5.41) is 2.45. The molecule has 5 heteroatoms. The molecule has 2 heterocycles. The SMILES string of the molecule is Nc1ccccc1N(Cc1cc(-c2ccccc2-c2ccccc2-c2ccc3c(c2)c2ccccc2n3-c2ccccc2)cc(-c2nc3ccccc3n2-c2ccccc2)c1)c1ccccc1. The Morgan fingerprint density at radius 1 is 0.388 bits per heavy atom. The van der Waals surface area contributed by atoms with E-state index in [0.29, 0.717) is 6.54 Å². The highest BCUT2D eigenvalue weighted by Gasteiger charge is 2.21. The molecular formula is C62H45N5. The van der Waals surface area contributed by atoms with Crippen LogP contribution in [0, 0.1) is 0 Å². The van der Waals surface area contributed by atoms with E-state index in [0.717, 1.165) is 78.7 Å². The van der Waals surface area contributed by atoms with Gasteiger partial charge in [-0.3, -0.25) is 4.57 Å². The van der Waals surface area contributed by atoms with E-state index >= 15 is 0 Å². The van der Waals surface area contributed by atoms with Gasteiger partial charge < -0.3 is 15.2 Å². The smallest absolute Gasteiger partial charge is 0.145 e. The van der Waals surface area contributed by atoms with Crippen LogP contribution in [0.4, 0.5) is 17.1 Å². The summed E-state index contributed by atoms with van der Waals surface area (Å²) < 4.78 is 4.66. The van der Waals surface area contributed by atoms with Gasteiger partial charge in [0, 0.05) is 39.9 Å². The van der Waals surface area contributed by atoms with Crippen LogP contribution in [0.2, 0.25) is 0 Å². The molecule has 67 heavy (non-hydrogen) atoms. The van der Waals surface area contributed by atoms with Gasteiger partial charge in [0.2, 0.25) is 0 Å². The Morgan fingerprint density at radius 3 is 1.64 bits per heavy atom. The molecule has 0 fully saturated rings. The molecule has 0 aliphatic carbocycles. The maximum atomic E-state index is 6.76. The molecule has 0 radical (unpaired) electrons. The number of nitrogens with zero attached hydrogens (tertiary/aromatic N) is 4. The first kappa shape index (κ1) is 39.6. The predicted molar refractivity (Wildman–Crippen MR) is 280 cm³/mol. The van der Waals surface area contributed by atoms with Crippen molar-refractivity contribution in [3.63, 3.8) is 0 Å². The van der Waals surface area contributed by atoms with E-state index in [1.54, 1.807) is 0 Å². The average molecular weight is 860 g/mol. The standard InChI is InChI=1S/C62H45N5/c63-56-31-15-18-34-60(56)65(47-20-4-1-5-21-47)42-43-38-45(40-46(39-43)62-64-57-32-16-19-35-61(57)67(62)49-24-8-3-9-25-49)51-27-11-13-29-53(51)52-28-12-10-26-50(52)44-36-37-59-55(41-44)54-30-14-17-33-58(54)66(59)48-22-6-2-7-23-48/h1-41H,42,63H2. The lowest BCUT2D eigenvalue weighted by atomic mass is 9.88. The topological polar surface area (TPSA) is 52.0 Å². The minimum absolute atomic E-state index is 0.569. The molecule has 0 aliphatic rings. The van der Waals surface area contributed by atoms with Gasteiger partial charge in [-0.15, -0.1) is 0 Å². The van der Waals surface area contributed by atoms with Crippen molar-refractivity contribution in [3.05, 3.63) is 254 Å². The molecule has 0 spiro atoms. The summed E-state index contributed by atoms with van der Waals surface area (Å²) in [6.07, 6.45) is 0. The molecule has 0 unspecified atom stereocenters. The van der Waals surface area contributed by atoms with Gasteiger partial charge in [-0.25, -0.2) is 4.98 Å². The number of anilines is 3. The second-order valence-electron chi connectivity index (χ2n) is 17.0. The van der Waals surface area contributed by atoms with E-state index in [1.807, 2.05) is 12.1 Å². The molecule has 318 valence electrons. The van der Waals surface area contributed by atoms with Crippen LogP contribution in [0.3, 0.4) is 0 Å². The fourth-order valence-corrected chi connectivity index (χ4v) is 9.90. The van der Waals surface area contributed by atoms with Crippen molar-refractivity contribution in [2.24, 2.45) is 0 Å². The van der Waals surface area contributed by atoms with Crippen LogP contribution in [0.15, 0.2) is 249 Å². The van der Waals surface area contributed by atoms with Gasteiger partial charge in [-0.05, 0) is 136 Å². The third-order valence-electron chi connectivity index (χ3n) is 12.9. The quantitative estimate of drug-likeness (QED) is 0.139. The zero-order valence-electron chi connectivity index (χ0n) is 36.7. The van der Waals surface area contributed by atoms with E-state index in [-0.39, 0.29) is 0 Å². The molecule has 0 bridgehead atoms. The number of hydrogen-bond acceptors (Lipinski definition) is 3. The number of fused-ring (bicyclic) bond motifs is 4. The van der Waals surface area contributed by atoms with Gasteiger partial charge >= 0.3 is 0 Å². The third kappa shape index (κ3) is 7.20. The van der Waals surface area contributed by atoms with Crippen LogP contribution in [0.1, 0.15) is 5.56 Å². The van der Waals surface area contributed by atoms with Crippen LogP contribution in [-0.2, 0) is 6.54 Å². The number of rotatable bonds is 10. The number of hydrogen-bond donors (Lipinski definition) is 1. The first-order valence-corrected chi connectivity index (χ1v) is 22.8. The van der Waals surface area contributed by atoms with Gasteiger partial charge in [0.1, 0.15) is 5.82 Å². The molecule has 0 aliphatic heterocycles. The Morgan fingerprint density at radius 2 is 0.925 bits per heavy atom. The molecule has 0 saturated carbocycles. The Balaban J connectivity index is 1.05. The number of nitrogen functional groups attached to an aromatic ring is 1. The van der Waals surface area contributed by atoms with Crippen molar-refractivity contribution < 1.29 is 0 Å². The summed E-state index contributed by atoms with van der Waals surface area (Å²) in [6.45, 7) is 0.569. The summed E-state index contributed by atoms with van der Waals surface area (Å²) in [4.78, 5) is 7.68. The van der Waals surface area contributed by atoms with E-state index < -0.39 is 0 Å². The highest BCUT2D eigenvalue weighted by atomic mass is 15.1. The third-order valence-corrected chi connectivity index (χ3v) is 12.9. The average Bonchev–Trinajstić information content (AvgIpc) is 3.95. The number of imidazole rings is 1. The van der Waals surface area contributed by atoms with Gasteiger partial charge in [0.15, 0.2) is 0 Å². The minimum Gasteiger partial charge on any atom is -0.397 e. The molecule has 5 nitrogen and oxygen atoms in total. The highest BCUT2D eigenvalue weighted by molar-refractivity contribution is 6.11. The Bertz CT molecular complexity index is 3740. The predicted octanol–water partition coefficient (Wildman–Crippen LogP) is 15.7. The number of para-hydroxylation sites is 8. The number of nitrogens with two attached hydrogens (primary N) is 1. The van der Waals surface area contributed by atoms with E-state index in [4.69, 9.17) is 10.7 Å². The van der Waals surface area contributed by atoms with Gasteiger partial charge in [0.25, 0.3) is 0 Å². The van der Waals surface area contributed by atoms with Crippen LogP contribution in [0.5, 0.6) is 0 Å². The summed E-state index contributed by atoms with van der Waals surface area (Å²) in [5.41, 5.74) is 25.1. The van der Waals surface area contributed by atoms with Crippen molar-refractivity contribution in [3.8, 4) is 56.1 Å². The maximum Gasteiger partial charge on any atom is 0.145 e. The zero-order valence-corrected chi connectivity index (χ0v) is 36.7. The summed E-state index contributed by atoms with van der Waals surface area (Å²) in [7, 11) is 0. The maximum absolute atomic E-state index is 6.76. The van der Waals surface area contributed by atoms with Crippen LogP contribution < -0.4 is 10.6 Å². The molecule has 2 aromatic heterocycles. The van der Waals surface area contributed by atoms with E-state index in [2.05, 4.69) is 251 Å². The van der Waals surface area contributed by atoms with Crippen LogP contribution >= 0.6 is 0 Å². The fourth-order valence-electron chi connectivity index (χ4n) is 9.90. The molecule has 12 rings (SSSR count). The summed E-state index contributed by atoms with van der Waals surface area (Å²) in [5.74, 6) is 0.877. The molecule has 0 atom stereocenters. The van der Waals surface area contributed by atoms with Crippen molar-refractivity contribution in [2.45, 2.75) is 6.54 Å². The van der Waals surface area contributed by atoms with Crippen molar-refractivity contribution in [2.75, 3.05) is 10.6 Å². The largest absolute Gasteiger partial charge is 0.397 e. The van der Waals surface area contributed by atoms with Crippen molar-refractivity contribution >= 4 is 49.9 Å². The van der Waals surface area contributed by atoms with Crippen molar-refractivity contribution in [1.82, 2.24) is 14.1 Å². The molecule has 0 amide bonds. The molecule has 12 aromatic rings. The normalized spacial score (nSPS) is 11.4. The molecule has 0 saturated heterocycles. The second kappa shape index (κ2) is 16.9. The first-order valence-electron chi connectivity index (χ1n) is 22.8. The highest BCUT2D eigenvalue weighted by Crippen LogP contribution is 2.43.